The normalized spacial score (nSPS) is 22.6. The minimum absolute atomic E-state index is 0.0794. The smallest absolute Gasteiger partial charge is 0.220 e. The zero-order valence-electron chi connectivity index (χ0n) is 9.13. The van der Waals surface area contributed by atoms with E-state index < -0.39 is 0 Å². The van der Waals surface area contributed by atoms with Gasteiger partial charge in [0.1, 0.15) is 0 Å². The van der Waals surface area contributed by atoms with E-state index in [-0.39, 0.29) is 11.8 Å². The van der Waals surface area contributed by atoms with Crippen molar-refractivity contribution in [3.8, 4) is 0 Å². The number of nitrogens with two attached hydrogens (primary N) is 1. The quantitative estimate of drug-likeness (QED) is 0.690. The van der Waals surface area contributed by atoms with Crippen LogP contribution in [0.2, 0.25) is 0 Å². The van der Waals surface area contributed by atoms with Gasteiger partial charge in [-0.05, 0) is 12.8 Å². The molecule has 0 aliphatic heterocycles. The summed E-state index contributed by atoms with van der Waals surface area (Å²) in [6.45, 7) is 0. The average molecular weight is 197 g/mol. The van der Waals surface area contributed by atoms with Crippen LogP contribution in [0.1, 0.15) is 64.2 Å². The van der Waals surface area contributed by atoms with Gasteiger partial charge in [-0.25, -0.2) is 0 Å². The van der Waals surface area contributed by atoms with Crippen molar-refractivity contribution in [1.29, 1.82) is 0 Å². The predicted octanol–water partition coefficient (Wildman–Crippen LogP) is 3.00. The Balaban J connectivity index is 2.31. The van der Waals surface area contributed by atoms with E-state index in [1.165, 1.54) is 51.4 Å². The van der Waals surface area contributed by atoms with Crippen LogP contribution in [-0.2, 0) is 4.79 Å². The Hall–Kier alpha value is -0.530. The lowest BCUT2D eigenvalue weighted by Gasteiger charge is -2.11. The van der Waals surface area contributed by atoms with E-state index in [4.69, 9.17) is 5.73 Å². The van der Waals surface area contributed by atoms with Crippen molar-refractivity contribution in [2.24, 2.45) is 11.7 Å². The van der Waals surface area contributed by atoms with Crippen molar-refractivity contribution in [2.75, 3.05) is 0 Å². The molecule has 2 N–H and O–H groups in total. The highest BCUT2D eigenvalue weighted by Crippen LogP contribution is 2.20. The second-order valence-electron chi connectivity index (χ2n) is 4.51. The fraction of sp³-hybridized carbons (Fsp3) is 0.917. The van der Waals surface area contributed by atoms with Gasteiger partial charge < -0.3 is 5.73 Å². The summed E-state index contributed by atoms with van der Waals surface area (Å²) < 4.78 is 0. The number of rotatable bonds is 1. The standard InChI is InChI=1S/C12H23NO/c13-12(14)11-9-7-5-3-1-2-4-6-8-10-11/h11H,1-10H2,(H2,13,14). The third-order valence-corrected chi connectivity index (χ3v) is 3.26. The minimum Gasteiger partial charge on any atom is -0.369 e. The lowest BCUT2D eigenvalue weighted by Crippen LogP contribution is -2.23. The molecule has 2 nitrogen and oxygen atoms in total. The maximum atomic E-state index is 11.1. The van der Waals surface area contributed by atoms with Gasteiger partial charge >= 0.3 is 0 Å². The number of hydrogen-bond acceptors (Lipinski definition) is 1. The van der Waals surface area contributed by atoms with Gasteiger partial charge in [0.25, 0.3) is 0 Å². The zero-order chi connectivity index (χ0) is 10.2. The number of primary amides is 1. The van der Waals surface area contributed by atoms with Crippen molar-refractivity contribution in [3.05, 3.63) is 0 Å². The van der Waals surface area contributed by atoms with Gasteiger partial charge in [0.05, 0.1) is 0 Å². The Labute approximate surface area is 87.2 Å². The first kappa shape index (κ1) is 11.5. The number of hydrogen-bond donors (Lipinski definition) is 1. The summed E-state index contributed by atoms with van der Waals surface area (Å²) in [5.74, 6) is 0.0809. The third-order valence-electron chi connectivity index (χ3n) is 3.26. The molecule has 0 aromatic heterocycles. The number of carbonyl (C=O) groups is 1. The average Bonchev–Trinajstić information content (AvgIpc) is 2.21. The van der Waals surface area contributed by atoms with Gasteiger partial charge in [-0.2, -0.15) is 0 Å². The van der Waals surface area contributed by atoms with Gasteiger partial charge in [-0.15, -0.1) is 0 Å². The number of carbonyl (C=O) groups excluding carboxylic acids is 1. The molecule has 1 saturated carbocycles. The van der Waals surface area contributed by atoms with Crippen LogP contribution in [0.5, 0.6) is 0 Å². The van der Waals surface area contributed by atoms with E-state index in [1.54, 1.807) is 0 Å². The van der Waals surface area contributed by atoms with Crippen LogP contribution >= 0.6 is 0 Å². The van der Waals surface area contributed by atoms with Crippen LogP contribution in [0.15, 0.2) is 0 Å². The summed E-state index contributed by atoms with van der Waals surface area (Å²) in [5.41, 5.74) is 5.38. The molecule has 1 fully saturated rings. The largest absolute Gasteiger partial charge is 0.369 e. The SMILES string of the molecule is NC(=O)C1CCCCCCCCCC1. The Morgan fingerprint density at radius 1 is 0.786 bits per heavy atom. The van der Waals surface area contributed by atoms with Crippen molar-refractivity contribution >= 4 is 5.91 Å². The molecule has 0 aromatic carbocycles. The molecule has 0 spiro atoms. The maximum Gasteiger partial charge on any atom is 0.220 e. The number of amides is 1. The second-order valence-corrected chi connectivity index (χ2v) is 4.51. The molecule has 0 bridgehead atoms. The van der Waals surface area contributed by atoms with Crippen LogP contribution in [-0.4, -0.2) is 5.91 Å². The Morgan fingerprint density at radius 2 is 1.14 bits per heavy atom. The molecule has 0 aromatic rings. The fourth-order valence-corrected chi connectivity index (χ4v) is 2.27. The Kier molecular flexibility index (Phi) is 5.65. The van der Waals surface area contributed by atoms with E-state index in [2.05, 4.69) is 0 Å². The summed E-state index contributed by atoms with van der Waals surface area (Å²) in [7, 11) is 0. The maximum absolute atomic E-state index is 11.1. The molecule has 0 unspecified atom stereocenters. The predicted molar refractivity (Wildman–Crippen MR) is 58.9 cm³/mol. The van der Waals surface area contributed by atoms with E-state index in [9.17, 15) is 4.79 Å². The van der Waals surface area contributed by atoms with Crippen LogP contribution < -0.4 is 5.73 Å². The molecule has 0 saturated heterocycles. The highest BCUT2D eigenvalue weighted by Gasteiger charge is 2.14. The second kappa shape index (κ2) is 6.86. The molecule has 1 amide bonds. The van der Waals surface area contributed by atoms with Gasteiger partial charge in [0.15, 0.2) is 0 Å². The van der Waals surface area contributed by atoms with Crippen LogP contribution in [0.25, 0.3) is 0 Å². The molecule has 82 valence electrons. The fourth-order valence-electron chi connectivity index (χ4n) is 2.27. The zero-order valence-corrected chi connectivity index (χ0v) is 9.13. The molecule has 1 rings (SSSR count). The van der Waals surface area contributed by atoms with Crippen LogP contribution in [0, 0.1) is 5.92 Å². The summed E-state index contributed by atoms with van der Waals surface area (Å²) in [5, 5.41) is 0. The molecule has 2 heteroatoms. The molecular weight excluding hydrogens is 174 g/mol. The monoisotopic (exact) mass is 197 g/mol. The summed E-state index contributed by atoms with van der Waals surface area (Å²) in [6, 6.07) is 0. The van der Waals surface area contributed by atoms with Gasteiger partial charge in [-0.1, -0.05) is 51.4 Å². The molecule has 14 heavy (non-hydrogen) atoms. The summed E-state index contributed by atoms with van der Waals surface area (Å²) in [6.07, 6.45) is 12.4. The molecule has 0 heterocycles. The summed E-state index contributed by atoms with van der Waals surface area (Å²) >= 11 is 0. The van der Waals surface area contributed by atoms with E-state index in [0.29, 0.717) is 0 Å². The third kappa shape index (κ3) is 4.64. The first-order valence-electron chi connectivity index (χ1n) is 6.10. The van der Waals surface area contributed by atoms with E-state index >= 15 is 0 Å². The van der Waals surface area contributed by atoms with E-state index in [0.717, 1.165) is 12.8 Å². The highest BCUT2D eigenvalue weighted by atomic mass is 16.1. The lowest BCUT2D eigenvalue weighted by atomic mass is 9.95. The van der Waals surface area contributed by atoms with Crippen LogP contribution in [0.3, 0.4) is 0 Å². The first-order chi connectivity index (χ1) is 6.80. The van der Waals surface area contributed by atoms with Crippen molar-refractivity contribution < 1.29 is 4.79 Å². The summed E-state index contributed by atoms with van der Waals surface area (Å²) in [4.78, 5) is 11.1. The molecule has 0 atom stereocenters. The van der Waals surface area contributed by atoms with Gasteiger partial charge in [-0.3, -0.25) is 4.79 Å². The Bertz CT molecular complexity index is 156. The van der Waals surface area contributed by atoms with Gasteiger partial charge in [0, 0.05) is 5.92 Å². The highest BCUT2D eigenvalue weighted by molar-refractivity contribution is 5.76. The topological polar surface area (TPSA) is 43.1 Å². The first-order valence-corrected chi connectivity index (χ1v) is 6.10. The van der Waals surface area contributed by atoms with Gasteiger partial charge in [0.2, 0.25) is 5.91 Å². The van der Waals surface area contributed by atoms with Crippen molar-refractivity contribution in [3.63, 3.8) is 0 Å². The molecule has 1 aliphatic rings. The van der Waals surface area contributed by atoms with Crippen molar-refractivity contribution in [1.82, 2.24) is 0 Å². The van der Waals surface area contributed by atoms with Crippen molar-refractivity contribution in [2.45, 2.75) is 64.2 Å². The molecule has 0 radical (unpaired) electrons. The Morgan fingerprint density at radius 3 is 1.50 bits per heavy atom. The van der Waals surface area contributed by atoms with Crippen LogP contribution in [0.4, 0.5) is 0 Å². The lowest BCUT2D eigenvalue weighted by molar-refractivity contribution is -0.122. The minimum atomic E-state index is -0.0794. The molecule has 1 aliphatic carbocycles. The van der Waals surface area contributed by atoms with E-state index in [1.807, 2.05) is 0 Å². The molecular formula is C12H23NO.